The fraction of sp³-hybridized carbons (Fsp3) is 0.318. The van der Waals surface area contributed by atoms with Crippen molar-refractivity contribution in [2.75, 3.05) is 26.0 Å². The molecule has 0 saturated heterocycles. The smallest absolute Gasteiger partial charge is 0.325 e. The highest BCUT2D eigenvalue weighted by molar-refractivity contribution is 8.00. The largest absolute Gasteiger partial charge is 0.416 e. The van der Waals surface area contributed by atoms with Gasteiger partial charge in [0.1, 0.15) is 0 Å². The molecule has 6 nitrogen and oxygen atoms in total. The molecule has 0 unspecified atom stereocenters. The van der Waals surface area contributed by atoms with E-state index in [1.54, 1.807) is 31.2 Å². The number of aromatic nitrogens is 2. The van der Waals surface area contributed by atoms with E-state index in [9.17, 15) is 22.8 Å². The highest BCUT2D eigenvalue weighted by Crippen LogP contribution is 2.31. The number of alkyl halides is 3. The number of nitrogens with zero attached hydrogens (tertiary/aromatic N) is 3. The number of rotatable bonds is 7. The molecule has 0 fully saturated rings. The van der Waals surface area contributed by atoms with Crippen molar-refractivity contribution in [3.8, 4) is 0 Å². The molecule has 1 heterocycles. The summed E-state index contributed by atoms with van der Waals surface area (Å²) in [6.45, 7) is 2.59. The Balaban J connectivity index is 1.85. The number of halogens is 3. The molecule has 1 aromatic heterocycles. The minimum Gasteiger partial charge on any atom is -0.325 e. The predicted molar refractivity (Wildman–Crippen MR) is 120 cm³/mol. The Morgan fingerprint density at radius 3 is 2.59 bits per heavy atom. The summed E-state index contributed by atoms with van der Waals surface area (Å²) >= 11 is 1.09. The van der Waals surface area contributed by atoms with Crippen molar-refractivity contribution in [3.05, 3.63) is 64.4 Å². The second kappa shape index (κ2) is 9.74. The van der Waals surface area contributed by atoms with E-state index in [0.29, 0.717) is 29.1 Å². The van der Waals surface area contributed by atoms with E-state index in [0.717, 1.165) is 23.9 Å². The Morgan fingerprint density at radius 2 is 1.91 bits per heavy atom. The molecule has 0 aliphatic rings. The summed E-state index contributed by atoms with van der Waals surface area (Å²) in [7, 11) is 3.77. The van der Waals surface area contributed by atoms with Gasteiger partial charge in [0.2, 0.25) is 5.91 Å². The predicted octanol–water partition coefficient (Wildman–Crippen LogP) is 4.10. The SMILES string of the molecule is C[C@@H](Sc1nc2ccccc2c(=O)n1CCN(C)C)C(=O)Nc1cccc(C(F)(F)F)c1. The van der Waals surface area contributed by atoms with Crippen LogP contribution in [0.5, 0.6) is 0 Å². The number of hydrogen-bond acceptors (Lipinski definition) is 5. The Bertz CT molecular complexity index is 1180. The Kier molecular flexibility index (Phi) is 7.25. The van der Waals surface area contributed by atoms with Gasteiger partial charge in [-0.1, -0.05) is 30.0 Å². The van der Waals surface area contributed by atoms with Crippen LogP contribution in [0.4, 0.5) is 18.9 Å². The van der Waals surface area contributed by atoms with Crippen LogP contribution >= 0.6 is 11.8 Å². The van der Waals surface area contributed by atoms with E-state index >= 15 is 0 Å². The molecule has 0 aliphatic heterocycles. The first-order chi connectivity index (χ1) is 15.1. The molecule has 3 aromatic rings. The van der Waals surface area contributed by atoms with Crippen molar-refractivity contribution in [2.24, 2.45) is 0 Å². The van der Waals surface area contributed by atoms with Gasteiger partial charge in [0, 0.05) is 18.8 Å². The van der Waals surface area contributed by atoms with Crippen molar-refractivity contribution in [3.63, 3.8) is 0 Å². The number of carbonyl (C=O) groups excluding carboxylic acids is 1. The molecule has 0 bridgehead atoms. The normalized spacial score (nSPS) is 12.8. The zero-order valence-corrected chi connectivity index (χ0v) is 18.6. The number of anilines is 1. The minimum absolute atomic E-state index is 0.0498. The fourth-order valence-corrected chi connectivity index (χ4v) is 3.90. The van der Waals surface area contributed by atoms with E-state index in [4.69, 9.17) is 0 Å². The molecular formula is C22H23F3N4O2S. The molecule has 0 spiro atoms. The first-order valence-corrected chi connectivity index (χ1v) is 10.7. The van der Waals surface area contributed by atoms with Gasteiger partial charge in [-0.15, -0.1) is 0 Å². The van der Waals surface area contributed by atoms with Crippen LogP contribution in [0.1, 0.15) is 12.5 Å². The number of amides is 1. The number of thioether (sulfide) groups is 1. The van der Waals surface area contributed by atoms with Gasteiger partial charge in [0.25, 0.3) is 5.56 Å². The molecule has 32 heavy (non-hydrogen) atoms. The molecule has 0 aliphatic carbocycles. The Morgan fingerprint density at radius 1 is 1.19 bits per heavy atom. The van der Waals surface area contributed by atoms with Crippen molar-refractivity contribution < 1.29 is 18.0 Å². The number of para-hydroxylation sites is 1. The van der Waals surface area contributed by atoms with Gasteiger partial charge in [0.15, 0.2) is 5.16 Å². The number of fused-ring (bicyclic) bond motifs is 1. The number of hydrogen-bond donors (Lipinski definition) is 1. The van der Waals surface area contributed by atoms with Gasteiger partial charge in [0.05, 0.1) is 21.7 Å². The summed E-state index contributed by atoms with van der Waals surface area (Å²) in [5.41, 5.74) is -0.477. The summed E-state index contributed by atoms with van der Waals surface area (Å²) in [5.74, 6) is -0.490. The molecular weight excluding hydrogens is 441 g/mol. The van der Waals surface area contributed by atoms with E-state index in [2.05, 4.69) is 10.3 Å². The number of benzene rings is 2. The minimum atomic E-state index is -4.50. The van der Waals surface area contributed by atoms with Crippen molar-refractivity contribution >= 4 is 34.3 Å². The van der Waals surface area contributed by atoms with Crippen LogP contribution in [0, 0.1) is 0 Å². The topological polar surface area (TPSA) is 67.2 Å². The lowest BCUT2D eigenvalue weighted by Crippen LogP contribution is -2.30. The van der Waals surface area contributed by atoms with Gasteiger partial charge in [-0.25, -0.2) is 4.98 Å². The van der Waals surface area contributed by atoms with Gasteiger partial charge < -0.3 is 10.2 Å². The molecule has 0 saturated carbocycles. The number of likely N-dealkylation sites (N-methyl/N-ethyl adjacent to an activating group) is 1. The third-order valence-electron chi connectivity index (χ3n) is 4.71. The number of nitrogens with one attached hydrogen (secondary N) is 1. The number of carbonyl (C=O) groups is 1. The van der Waals surface area contributed by atoms with Gasteiger partial charge in [-0.2, -0.15) is 13.2 Å². The summed E-state index contributed by atoms with van der Waals surface area (Å²) in [5, 5.41) is 2.67. The van der Waals surface area contributed by atoms with Crippen LogP contribution in [-0.4, -0.2) is 46.2 Å². The standard InChI is InChI=1S/C22H23F3N4O2S/c1-14(19(30)26-16-8-6-7-15(13-16)22(23,24)25)32-21-27-18-10-5-4-9-17(18)20(31)29(21)12-11-28(2)3/h4-10,13-14H,11-12H2,1-3H3,(H,26,30)/t14-/m1/s1. The molecule has 3 rings (SSSR count). The van der Waals surface area contributed by atoms with Crippen LogP contribution in [0.2, 0.25) is 0 Å². The van der Waals surface area contributed by atoms with Crippen molar-refractivity contribution in [2.45, 2.75) is 30.1 Å². The highest BCUT2D eigenvalue weighted by atomic mass is 32.2. The molecule has 1 atom stereocenters. The second-order valence-corrected chi connectivity index (χ2v) is 8.81. The highest BCUT2D eigenvalue weighted by Gasteiger charge is 2.30. The van der Waals surface area contributed by atoms with E-state index in [1.807, 2.05) is 19.0 Å². The van der Waals surface area contributed by atoms with Crippen LogP contribution in [0.25, 0.3) is 10.9 Å². The summed E-state index contributed by atoms with van der Waals surface area (Å²) in [6.07, 6.45) is -4.50. The van der Waals surface area contributed by atoms with Crippen molar-refractivity contribution in [1.82, 2.24) is 14.5 Å². The third-order valence-corrected chi connectivity index (χ3v) is 5.80. The quantitative estimate of drug-likeness (QED) is 0.421. The summed E-state index contributed by atoms with van der Waals surface area (Å²) in [6, 6.07) is 11.4. The van der Waals surface area contributed by atoms with Gasteiger partial charge in [-0.3, -0.25) is 14.2 Å². The Labute approximate surface area is 187 Å². The summed E-state index contributed by atoms with van der Waals surface area (Å²) in [4.78, 5) is 32.2. The molecule has 1 N–H and O–H groups in total. The summed E-state index contributed by atoms with van der Waals surface area (Å²) < 4.78 is 40.3. The lowest BCUT2D eigenvalue weighted by atomic mass is 10.2. The average molecular weight is 465 g/mol. The lowest BCUT2D eigenvalue weighted by molar-refractivity contribution is -0.137. The maximum Gasteiger partial charge on any atom is 0.416 e. The first-order valence-electron chi connectivity index (χ1n) is 9.85. The maximum atomic E-state index is 13.0. The van der Waals surface area contributed by atoms with E-state index < -0.39 is 22.9 Å². The molecule has 0 radical (unpaired) electrons. The monoisotopic (exact) mass is 464 g/mol. The van der Waals surface area contributed by atoms with Crippen LogP contribution in [-0.2, 0) is 17.5 Å². The van der Waals surface area contributed by atoms with E-state index in [1.165, 1.54) is 16.7 Å². The molecule has 2 aromatic carbocycles. The van der Waals surface area contributed by atoms with Crippen LogP contribution in [0.15, 0.2) is 58.5 Å². The maximum absolute atomic E-state index is 13.0. The van der Waals surface area contributed by atoms with Gasteiger partial charge >= 0.3 is 6.18 Å². The molecule has 10 heteroatoms. The van der Waals surface area contributed by atoms with E-state index in [-0.39, 0.29) is 11.2 Å². The van der Waals surface area contributed by atoms with Crippen LogP contribution < -0.4 is 10.9 Å². The lowest BCUT2D eigenvalue weighted by Gasteiger charge is -2.18. The van der Waals surface area contributed by atoms with Crippen molar-refractivity contribution in [1.29, 1.82) is 0 Å². The fourth-order valence-electron chi connectivity index (χ4n) is 2.96. The van der Waals surface area contributed by atoms with Gasteiger partial charge in [-0.05, 0) is 51.4 Å². The van der Waals surface area contributed by atoms with Crippen LogP contribution in [0.3, 0.4) is 0 Å². The zero-order valence-electron chi connectivity index (χ0n) is 17.8. The third kappa shape index (κ3) is 5.68. The first kappa shape index (κ1) is 23.8. The second-order valence-electron chi connectivity index (χ2n) is 7.50. The zero-order chi connectivity index (χ0) is 23.5. The average Bonchev–Trinajstić information content (AvgIpc) is 2.73. The Hall–Kier alpha value is -2.85. The molecule has 170 valence electrons. The molecule has 1 amide bonds.